The molecule has 1 aliphatic heterocycles. The highest BCUT2D eigenvalue weighted by Gasteiger charge is 2.47. The zero-order chi connectivity index (χ0) is 18.0. The highest BCUT2D eigenvalue weighted by Crippen LogP contribution is 2.34. The lowest BCUT2D eigenvalue weighted by atomic mass is 10.0. The molecule has 0 fully saturated rings. The number of aliphatic carboxylic acids is 1. The van der Waals surface area contributed by atoms with Gasteiger partial charge in [0.25, 0.3) is 11.6 Å². The molecular weight excluding hydrogens is 316 g/mol. The number of fused-ring (bicyclic) bond motifs is 1. The van der Waals surface area contributed by atoms with Crippen molar-refractivity contribution < 1.29 is 29.0 Å². The number of carbonyl (C=O) groups is 3. The van der Waals surface area contributed by atoms with E-state index >= 15 is 0 Å². The fraction of sp³-hybridized carbons (Fsp3) is 0.438. The van der Waals surface area contributed by atoms with Gasteiger partial charge >= 0.3 is 12.1 Å². The summed E-state index contributed by atoms with van der Waals surface area (Å²) in [5.41, 5.74) is -2.18. The number of ether oxygens (including phenoxy) is 2. The van der Waals surface area contributed by atoms with Crippen LogP contribution in [0.15, 0.2) is 24.3 Å². The van der Waals surface area contributed by atoms with E-state index in [0.29, 0.717) is 11.4 Å². The molecule has 0 unspecified atom stereocenters. The number of carbonyl (C=O) groups excluding carboxylic acids is 2. The third-order valence-corrected chi connectivity index (χ3v) is 3.18. The molecule has 3 N–H and O–H groups in total. The minimum Gasteiger partial charge on any atom is -0.481 e. The van der Waals surface area contributed by atoms with Crippen molar-refractivity contribution in [3.05, 3.63) is 24.3 Å². The molecule has 1 aliphatic rings. The van der Waals surface area contributed by atoms with Crippen molar-refractivity contribution in [2.45, 2.75) is 44.9 Å². The van der Waals surface area contributed by atoms with Crippen molar-refractivity contribution >= 4 is 23.7 Å². The van der Waals surface area contributed by atoms with Gasteiger partial charge in [-0.1, -0.05) is 12.1 Å². The number of benzene rings is 1. The number of carboxylic acids is 1. The standard InChI is InChI=1S/C16H20N2O6/c1-15(2,3)24-14(22)18-16(9-8-12(19)20)13(21)17-10-6-4-5-7-11(10)23-16/h4-7H,8-9H2,1-3H3,(H,17,21)(H,18,22)(H,19,20)/t16-/m0/s1. The van der Waals surface area contributed by atoms with Crippen LogP contribution in [0, 0.1) is 0 Å². The summed E-state index contributed by atoms with van der Waals surface area (Å²) in [7, 11) is 0. The molecule has 1 atom stereocenters. The summed E-state index contributed by atoms with van der Waals surface area (Å²) in [6.45, 7) is 5.02. The van der Waals surface area contributed by atoms with Crippen molar-refractivity contribution in [3.63, 3.8) is 0 Å². The van der Waals surface area contributed by atoms with E-state index in [-0.39, 0.29) is 12.8 Å². The van der Waals surface area contributed by atoms with Crippen LogP contribution in [-0.2, 0) is 14.3 Å². The van der Waals surface area contributed by atoms with Gasteiger partial charge in [0, 0.05) is 6.42 Å². The molecule has 2 rings (SSSR count). The highest BCUT2D eigenvalue weighted by molar-refractivity contribution is 6.02. The Morgan fingerprint density at radius 1 is 1.33 bits per heavy atom. The number of para-hydroxylation sites is 2. The van der Waals surface area contributed by atoms with Crippen molar-refractivity contribution in [1.82, 2.24) is 5.32 Å². The topological polar surface area (TPSA) is 114 Å². The van der Waals surface area contributed by atoms with Crippen molar-refractivity contribution in [1.29, 1.82) is 0 Å². The predicted octanol–water partition coefficient (Wildman–Crippen LogP) is 2.10. The quantitative estimate of drug-likeness (QED) is 0.776. The van der Waals surface area contributed by atoms with Crippen molar-refractivity contribution in [2.75, 3.05) is 5.32 Å². The number of alkyl carbamates (subject to hydrolysis) is 1. The minimum absolute atomic E-state index is 0.248. The molecule has 130 valence electrons. The Hall–Kier alpha value is -2.77. The number of hydrogen-bond acceptors (Lipinski definition) is 5. The first-order valence-electron chi connectivity index (χ1n) is 7.44. The van der Waals surface area contributed by atoms with Gasteiger partial charge in [0.1, 0.15) is 11.4 Å². The maximum atomic E-state index is 12.5. The number of anilines is 1. The van der Waals surface area contributed by atoms with Crippen LogP contribution in [0.2, 0.25) is 0 Å². The van der Waals surface area contributed by atoms with E-state index in [1.807, 2.05) is 0 Å². The molecule has 1 heterocycles. The Kier molecular flexibility index (Phi) is 4.68. The van der Waals surface area contributed by atoms with Gasteiger partial charge in [0.15, 0.2) is 0 Å². The summed E-state index contributed by atoms with van der Waals surface area (Å²) < 4.78 is 10.8. The molecular formula is C16H20N2O6. The molecule has 24 heavy (non-hydrogen) atoms. The summed E-state index contributed by atoms with van der Waals surface area (Å²) >= 11 is 0. The largest absolute Gasteiger partial charge is 0.481 e. The zero-order valence-electron chi connectivity index (χ0n) is 13.7. The summed E-state index contributed by atoms with van der Waals surface area (Å²) in [4.78, 5) is 35.5. The Bertz CT molecular complexity index is 667. The molecule has 0 bridgehead atoms. The average molecular weight is 336 g/mol. The van der Waals surface area contributed by atoms with Gasteiger partial charge in [-0.2, -0.15) is 0 Å². The fourth-order valence-electron chi connectivity index (χ4n) is 2.18. The van der Waals surface area contributed by atoms with Gasteiger partial charge in [0.05, 0.1) is 12.1 Å². The molecule has 0 saturated carbocycles. The Balaban J connectivity index is 2.29. The molecule has 1 aromatic rings. The summed E-state index contributed by atoms with van der Waals surface area (Å²) in [5.74, 6) is -1.44. The molecule has 0 aromatic heterocycles. The van der Waals surface area contributed by atoms with Crippen LogP contribution < -0.4 is 15.4 Å². The van der Waals surface area contributed by atoms with Crippen LogP contribution >= 0.6 is 0 Å². The van der Waals surface area contributed by atoms with Crippen LogP contribution in [0.3, 0.4) is 0 Å². The first kappa shape index (κ1) is 17.6. The van der Waals surface area contributed by atoms with E-state index in [1.165, 1.54) is 0 Å². The Morgan fingerprint density at radius 3 is 2.62 bits per heavy atom. The monoisotopic (exact) mass is 336 g/mol. The Labute approximate surface area is 139 Å². The van der Waals surface area contributed by atoms with Gasteiger partial charge in [-0.05, 0) is 32.9 Å². The number of rotatable bonds is 4. The van der Waals surface area contributed by atoms with Gasteiger partial charge in [-0.3, -0.25) is 14.9 Å². The van der Waals surface area contributed by atoms with Crippen LogP contribution in [-0.4, -0.2) is 34.4 Å². The van der Waals surface area contributed by atoms with Crippen LogP contribution in [0.1, 0.15) is 33.6 Å². The van der Waals surface area contributed by atoms with Gasteiger partial charge in [-0.25, -0.2) is 4.79 Å². The first-order valence-corrected chi connectivity index (χ1v) is 7.44. The van der Waals surface area contributed by atoms with E-state index in [0.717, 1.165) is 0 Å². The molecule has 8 nitrogen and oxygen atoms in total. The number of nitrogens with one attached hydrogen (secondary N) is 2. The second-order valence-electron chi connectivity index (χ2n) is 6.40. The highest BCUT2D eigenvalue weighted by atomic mass is 16.6. The van der Waals surface area contributed by atoms with E-state index in [1.54, 1.807) is 45.0 Å². The van der Waals surface area contributed by atoms with Crippen LogP contribution in [0.4, 0.5) is 10.5 Å². The smallest absolute Gasteiger partial charge is 0.411 e. The third kappa shape index (κ3) is 4.15. The maximum absolute atomic E-state index is 12.5. The Morgan fingerprint density at radius 2 is 2.00 bits per heavy atom. The lowest BCUT2D eigenvalue weighted by Gasteiger charge is -2.37. The number of amides is 2. The van der Waals surface area contributed by atoms with Crippen molar-refractivity contribution in [3.8, 4) is 5.75 Å². The molecule has 0 saturated heterocycles. The van der Waals surface area contributed by atoms with E-state index in [4.69, 9.17) is 14.6 Å². The molecule has 1 aromatic carbocycles. The SMILES string of the molecule is CC(C)(C)OC(=O)N[C@@]1(CCC(=O)O)Oc2ccccc2NC1=O. The third-order valence-electron chi connectivity index (χ3n) is 3.18. The fourth-order valence-corrected chi connectivity index (χ4v) is 2.18. The summed E-state index contributed by atoms with van der Waals surface area (Å²) in [6.07, 6.45) is -1.49. The van der Waals surface area contributed by atoms with E-state index < -0.39 is 29.3 Å². The van der Waals surface area contributed by atoms with Gasteiger partial charge in [-0.15, -0.1) is 0 Å². The van der Waals surface area contributed by atoms with Crippen molar-refractivity contribution in [2.24, 2.45) is 0 Å². The number of carboxylic acid groups (broad SMARTS) is 1. The second kappa shape index (κ2) is 6.38. The average Bonchev–Trinajstić information content (AvgIpc) is 2.44. The lowest BCUT2D eigenvalue weighted by molar-refractivity contribution is -0.142. The molecule has 8 heteroatoms. The molecule has 0 radical (unpaired) electrons. The number of hydrogen-bond donors (Lipinski definition) is 3. The van der Waals surface area contributed by atoms with Crippen LogP contribution in [0.25, 0.3) is 0 Å². The minimum atomic E-state index is -1.85. The molecule has 0 spiro atoms. The van der Waals surface area contributed by atoms with Gasteiger partial charge < -0.3 is 19.9 Å². The van der Waals surface area contributed by atoms with E-state index in [9.17, 15) is 14.4 Å². The van der Waals surface area contributed by atoms with E-state index in [2.05, 4.69) is 10.6 Å². The molecule has 2 amide bonds. The first-order chi connectivity index (χ1) is 11.1. The molecule has 0 aliphatic carbocycles. The predicted molar refractivity (Wildman–Crippen MR) is 84.7 cm³/mol. The zero-order valence-corrected chi connectivity index (χ0v) is 13.7. The van der Waals surface area contributed by atoms with Crippen LogP contribution in [0.5, 0.6) is 5.75 Å². The lowest BCUT2D eigenvalue weighted by Crippen LogP contribution is -2.63. The van der Waals surface area contributed by atoms with Gasteiger partial charge in [0.2, 0.25) is 0 Å². The second-order valence-corrected chi connectivity index (χ2v) is 6.40. The maximum Gasteiger partial charge on any atom is 0.411 e. The summed E-state index contributed by atoms with van der Waals surface area (Å²) in [5, 5.41) is 13.9. The summed E-state index contributed by atoms with van der Waals surface area (Å²) in [6, 6.07) is 6.67. The normalized spacial score (nSPS) is 19.5.